The van der Waals surface area contributed by atoms with Gasteiger partial charge in [-0.05, 0) is 24.6 Å². The first-order valence-electron chi connectivity index (χ1n) is 9.03. The van der Waals surface area contributed by atoms with Crippen LogP contribution in [-0.2, 0) is 11.0 Å². The first-order valence-corrected chi connectivity index (χ1v) is 9.41. The van der Waals surface area contributed by atoms with Gasteiger partial charge in [0.15, 0.2) is 5.82 Å². The molecule has 7 nitrogen and oxygen atoms in total. The third-order valence-electron chi connectivity index (χ3n) is 4.58. The van der Waals surface area contributed by atoms with Crippen molar-refractivity contribution in [1.82, 2.24) is 9.97 Å². The molecule has 1 aromatic carbocycles. The molecule has 0 saturated carbocycles. The van der Waals surface area contributed by atoms with Crippen molar-refractivity contribution in [3.63, 3.8) is 0 Å². The lowest BCUT2D eigenvalue weighted by Gasteiger charge is -2.27. The molecule has 0 aliphatic carbocycles. The molecule has 1 atom stereocenters. The van der Waals surface area contributed by atoms with Crippen LogP contribution in [0.1, 0.15) is 23.8 Å². The average Bonchev–Trinajstić information content (AvgIpc) is 2.72. The molecular weight excluding hydrogens is 444 g/mol. The van der Waals surface area contributed by atoms with Crippen molar-refractivity contribution >= 4 is 29.0 Å². The van der Waals surface area contributed by atoms with Crippen molar-refractivity contribution in [2.24, 2.45) is 0 Å². The van der Waals surface area contributed by atoms with E-state index in [0.29, 0.717) is 5.57 Å². The molecule has 166 valence electrons. The van der Waals surface area contributed by atoms with E-state index in [4.69, 9.17) is 16.7 Å². The third-order valence-corrected chi connectivity index (χ3v) is 4.89. The number of carbonyl (C=O) groups is 1. The maximum atomic E-state index is 14.2. The number of aliphatic hydroxyl groups excluding tert-OH is 2. The molecule has 0 fully saturated rings. The molecule has 3 rings (SSSR count). The molecule has 1 aliphatic rings. The van der Waals surface area contributed by atoms with Crippen molar-refractivity contribution in [3.8, 4) is 0 Å². The van der Waals surface area contributed by atoms with E-state index >= 15 is 0 Å². The number of anilines is 2. The number of rotatable bonds is 5. The molecule has 2 aromatic rings. The monoisotopic (exact) mass is 460 g/mol. The van der Waals surface area contributed by atoms with E-state index < -0.39 is 41.3 Å². The van der Waals surface area contributed by atoms with Gasteiger partial charge in [0.2, 0.25) is 0 Å². The van der Waals surface area contributed by atoms with Crippen molar-refractivity contribution in [1.29, 1.82) is 0 Å². The highest BCUT2D eigenvalue weighted by atomic mass is 35.5. The van der Waals surface area contributed by atoms with Crippen LogP contribution >= 0.6 is 11.6 Å². The zero-order chi connectivity index (χ0) is 22.8. The van der Waals surface area contributed by atoms with Gasteiger partial charge in [-0.15, -0.1) is 0 Å². The number of aliphatic hydroxyl groups is 2. The maximum absolute atomic E-state index is 14.2. The molecule has 12 heteroatoms. The second-order valence-corrected chi connectivity index (χ2v) is 7.09. The highest BCUT2D eigenvalue weighted by Gasteiger charge is 2.33. The van der Waals surface area contributed by atoms with Gasteiger partial charge in [-0.3, -0.25) is 4.79 Å². The third kappa shape index (κ3) is 5.30. The normalized spacial score (nSPS) is 15.5. The summed E-state index contributed by atoms with van der Waals surface area (Å²) in [6.45, 7) is -0.243. The molecular formula is C19H17ClF4N4O3. The summed E-state index contributed by atoms with van der Waals surface area (Å²) in [5, 5.41) is 20.4. The van der Waals surface area contributed by atoms with Gasteiger partial charge >= 0.3 is 6.18 Å². The van der Waals surface area contributed by atoms with Crippen LogP contribution in [0.15, 0.2) is 36.0 Å². The lowest BCUT2D eigenvalue weighted by molar-refractivity contribution is -0.137. The Kier molecular flexibility index (Phi) is 6.77. The molecule has 1 aliphatic heterocycles. The van der Waals surface area contributed by atoms with Gasteiger partial charge in [-0.2, -0.15) is 17.6 Å². The van der Waals surface area contributed by atoms with E-state index in [2.05, 4.69) is 15.3 Å². The number of aromatic nitrogens is 2. The fourth-order valence-corrected chi connectivity index (χ4v) is 3.23. The average molecular weight is 461 g/mol. The number of hydrogen-bond donors (Lipinski definition) is 3. The second kappa shape index (κ2) is 9.16. The Balaban J connectivity index is 1.66. The number of alkyl halides is 3. The molecule has 0 radical (unpaired) electrons. The summed E-state index contributed by atoms with van der Waals surface area (Å²) in [5.74, 6) is -1.51. The first kappa shape index (κ1) is 22.9. The molecule has 2 heterocycles. The fourth-order valence-electron chi connectivity index (χ4n) is 2.94. The van der Waals surface area contributed by atoms with Crippen molar-refractivity contribution in [2.75, 3.05) is 29.9 Å². The fraction of sp³-hybridized carbons (Fsp3) is 0.316. The number of benzene rings is 1. The number of nitrogens with one attached hydrogen (secondary N) is 1. The van der Waals surface area contributed by atoms with Crippen LogP contribution in [0.4, 0.5) is 29.1 Å². The van der Waals surface area contributed by atoms with Gasteiger partial charge in [0, 0.05) is 24.4 Å². The zero-order valence-corrected chi connectivity index (χ0v) is 16.6. The number of nitrogens with zero attached hydrogens (tertiary/aromatic N) is 3. The van der Waals surface area contributed by atoms with Gasteiger partial charge in [0.25, 0.3) is 11.9 Å². The molecule has 1 aromatic heterocycles. The Labute approximate surface area is 179 Å². The van der Waals surface area contributed by atoms with Crippen LogP contribution in [0.2, 0.25) is 5.02 Å². The van der Waals surface area contributed by atoms with E-state index in [1.54, 1.807) is 6.08 Å². The van der Waals surface area contributed by atoms with E-state index in [1.807, 2.05) is 0 Å². The van der Waals surface area contributed by atoms with Gasteiger partial charge in [0.1, 0.15) is 6.10 Å². The largest absolute Gasteiger partial charge is 0.417 e. The van der Waals surface area contributed by atoms with Gasteiger partial charge < -0.3 is 20.4 Å². The minimum Gasteiger partial charge on any atom is -0.393 e. The summed E-state index contributed by atoms with van der Waals surface area (Å²) in [7, 11) is 0. The summed E-state index contributed by atoms with van der Waals surface area (Å²) in [6.07, 6.45) is -3.02. The minimum atomic E-state index is -4.60. The summed E-state index contributed by atoms with van der Waals surface area (Å²) in [4.78, 5) is 21.5. The maximum Gasteiger partial charge on any atom is 0.417 e. The summed E-state index contributed by atoms with van der Waals surface area (Å²) in [6, 6.07) is 2.91. The first-order chi connectivity index (χ1) is 14.6. The van der Waals surface area contributed by atoms with Crippen molar-refractivity contribution in [2.45, 2.75) is 18.7 Å². The molecule has 31 heavy (non-hydrogen) atoms. The highest BCUT2D eigenvalue weighted by Crippen LogP contribution is 2.36. The molecule has 0 saturated heterocycles. The van der Waals surface area contributed by atoms with E-state index in [-0.39, 0.29) is 36.7 Å². The van der Waals surface area contributed by atoms with Crippen LogP contribution in [0.25, 0.3) is 0 Å². The van der Waals surface area contributed by atoms with Crippen molar-refractivity contribution < 1.29 is 32.6 Å². The smallest absolute Gasteiger partial charge is 0.393 e. The molecule has 3 N–H and O–H groups in total. The van der Waals surface area contributed by atoms with E-state index in [1.165, 1.54) is 4.90 Å². The lowest BCUT2D eigenvalue weighted by Crippen LogP contribution is -2.33. The predicted molar refractivity (Wildman–Crippen MR) is 104 cm³/mol. The van der Waals surface area contributed by atoms with Gasteiger partial charge in [-0.1, -0.05) is 17.7 Å². The van der Waals surface area contributed by atoms with Crippen LogP contribution in [-0.4, -0.2) is 45.8 Å². The van der Waals surface area contributed by atoms with Crippen LogP contribution in [0, 0.1) is 5.95 Å². The quantitative estimate of drug-likeness (QED) is 0.593. The molecule has 0 spiro atoms. The Hall–Kier alpha value is -2.76. The Morgan fingerprint density at radius 1 is 1.35 bits per heavy atom. The summed E-state index contributed by atoms with van der Waals surface area (Å²) in [5.41, 5.74) is -0.624. The predicted octanol–water partition coefficient (Wildman–Crippen LogP) is 3.09. The van der Waals surface area contributed by atoms with Crippen LogP contribution in [0.5, 0.6) is 0 Å². The Bertz CT molecular complexity index is 1020. The molecule has 0 unspecified atom stereocenters. The Morgan fingerprint density at radius 3 is 2.65 bits per heavy atom. The van der Waals surface area contributed by atoms with Gasteiger partial charge in [-0.25, -0.2) is 9.97 Å². The van der Waals surface area contributed by atoms with Crippen molar-refractivity contribution in [3.05, 3.63) is 58.3 Å². The van der Waals surface area contributed by atoms with E-state index in [0.717, 1.165) is 24.4 Å². The zero-order valence-electron chi connectivity index (χ0n) is 15.8. The lowest BCUT2D eigenvalue weighted by atomic mass is 10.1. The Morgan fingerprint density at radius 2 is 2.10 bits per heavy atom. The summed E-state index contributed by atoms with van der Waals surface area (Å²) >= 11 is 5.65. The highest BCUT2D eigenvalue weighted by molar-refractivity contribution is 6.31. The SMILES string of the molecule is O=C(Nc1ccc(C(F)(F)F)c(Cl)c1)C1=CCN(c2ncc([C@H](O)CO)nc2F)CC1. The second-order valence-electron chi connectivity index (χ2n) is 6.68. The van der Waals surface area contributed by atoms with Crippen LogP contribution < -0.4 is 10.2 Å². The number of halogens is 5. The van der Waals surface area contributed by atoms with Gasteiger partial charge in [0.05, 0.1) is 29.1 Å². The number of hydrogen-bond acceptors (Lipinski definition) is 6. The minimum absolute atomic E-state index is 0.0703. The molecule has 1 amide bonds. The number of amides is 1. The number of carbonyl (C=O) groups excluding carboxylic acids is 1. The van der Waals surface area contributed by atoms with E-state index in [9.17, 15) is 27.5 Å². The summed E-state index contributed by atoms with van der Waals surface area (Å²) < 4.78 is 52.5. The topological polar surface area (TPSA) is 98.6 Å². The standard InChI is InChI=1S/C19H17ClF4N4O3/c20-13-7-11(1-2-12(13)19(22,23)24)26-18(31)10-3-5-28(6-4-10)17-16(21)27-14(8-25-17)15(30)9-29/h1-3,7-8,15,29-30H,4-6,9H2,(H,26,31)/t15-/m1/s1. The van der Waals surface area contributed by atoms with Crippen LogP contribution in [0.3, 0.4) is 0 Å². The molecule has 0 bridgehead atoms.